The highest BCUT2D eigenvalue weighted by molar-refractivity contribution is 5.93. The van der Waals surface area contributed by atoms with Crippen molar-refractivity contribution in [3.05, 3.63) is 35.4 Å². The zero-order valence-electron chi connectivity index (χ0n) is 19.8. The number of aliphatic hydroxyl groups is 1. The van der Waals surface area contributed by atoms with Crippen LogP contribution < -0.4 is 16.0 Å². The van der Waals surface area contributed by atoms with E-state index in [0.717, 1.165) is 5.56 Å². The highest BCUT2D eigenvalue weighted by Crippen LogP contribution is 2.30. The van der Waals surface area contributed by atoms with E-state index in [-0.39, 0.29) is 25.3 Å². The van der Waals surface area contributed by atoms with Gasteiger partial charge in [-0.05, 0) is 24.6 Å². The number of hydrogen-bond acceptors (Lipinski definition) is 5. The SMILES string of the molecule is C#Cc1ccc([C@H](C)NC(=O)[C@@H]2C[C@@H](O)CN2C(=O)C(NC(=O)O)C(C)(C)CC(=O)NC)cc1. The predicted molar refractivity (Wildman–Crippen MR) is 124 cm³/mol. The first-order valence-corrected chi connectivity index (χ1v) is 10.9. The van der Waals surface area contributed by atoms with Crippen molar-refractivity contribution in [3.8, 4) is 12.3 Å². The van der Waals surface area contributed by atoms with Gasteiger partial charge in [-0.15, -0.1) is 6.42 Å². The molecule has 1 aliphatic heterocycles. The zero-order valence-corrected chi connectivity index (χ0v) is 19.8. The third-order valence-electron chi connectivity index (χ3n) is 5.99. The Labute approximate surface area is 199 Å². The summed E-state index contributed by atoms with van der Waals surface area (Å²) in [7, 11) is 1.44. The van der Waals surface area contributed by atoms with Crippen LogP contribution >= 0.6 is 0 Å². The lowest BCUT2D eigenvalue weighted by molar-refractivity contribution is -0.143. The summed E-state index contributed by atoms with van der Waals surface area (Å²) in [6.45, 7) is 4.83. The Kier molecular flexibility index (Phi) is 8.65. The molecule has 0 bridgehead atoms. The number of nitrogens with zero attached hydrogens (tertiary/aromatic N) is 1. The van der Waals surface area contributed by atoms with Crippen molar-refractivity contribution in [2.75, 3.05) is 13.6 Å². The number of terminal acetylenes is 1. The predicted octanol–water partition coefficient (Wildman–Crippen LogP) is 0.605. The molecule has 0 spiro atoms. The topological polar surface area (TPSA) is 148 Å². The standard InChI is InChI=1S/C24H32N4O6/c1-6-15-7-9-16(10-8-15)14(2)26-21(31)18-11-17(29)13-28(18)22(32)20(27-23(33)34)24(3,4)12-19(30)25-5/h1,7-10,14,17-18,20,27,29H,11-13H2,2-5H3,(H,25,30)(H,26,31)(H,33,34)/t14-,17+,18-,20?/m0/s1. The van der Waals surface area contributed by atoms with Gasteiger partial charge in [0.05, 0.1) is 12.1 Å². The van der Waals surface area contributed by atoms with Gasteiger partial charge in [0.25, 0.3) is 0 Å². The van der Waals surface area contributed by atoms with Crippen molar-refractivity contribution < 1.29 is 29.4 Å². The van der Waals surface area contributed by atoms with Crippen molar-refractivity contribution >= 4 is 23.8 Å². The Bertz CT molecular complexity index is 969. The lowest BCUT2D eigenvalue weighted by Crippen LogP contribution is -2.58. The molecule has 1 aromatic rings. The molecular formula is C24H32N4O6. The summed E-state index contributed by atoms with van der Waals surface area (Å²) in [4.78, 5) is 51.1. The number of β-amino-alcohol motifs (C(OH)–C–C–N with tert-alkyl or cyclic N) is 1. The fourth-order valence-corrected chi connectivity index (χ4v) is 4.05. The van der Waals surface area contributed by atoms with E-state index in [9.17, 15) is 29.4 Å². The van der Waals surface area contributed by atoms with Gasteiger partial charge in [-0.1, -0.05) is 31.9 Å². The number of carbonyl (C=O) groups is 4. The minimum Gasteiger partial charge on any atom is -0.465 e. The largest absolute Gasteiger partial charge is 0.465 e. The average molecular weight is 473 g/mol. The third kappa shape index (κ3) is 6.48. The van der Waals surface area contributed by atoms with E-state index in [0.29, 0.717) is 5.56 Å². The maximum Gasteiger partial charge on any atom is 0.405 e. The Hall–Kier alpha value is -3.58. The van der Waals surface area contributed by atoms with Crippen LogP contribution in [0.3, 0.4) is 0 Å². The molecule has 0 radical (unpaired) electrons. The Balaban J connectivity index is 2.23. The van der Waals surface area contributed by atoms with Crippen molar-refractivity contribution in [1.82, 2.24) is 20.9 Å². The molecular weight excluding hydrogens is 440 g/mol. The van der Waals surface area contributed by atoms with Crippen LogP contribution in [-0.4, -0.2) is 70.7 Å². The van der Waals surface area contributed by atoms with Crippen LogP contribution in [0.1, 0.15) is 50.8 Å². The van der Waals surface area contributed by atoms with Crippen LogP contribution in [0.5, 0.6) is 0 Å². The van der Waals surface area contributed by atoms with Gasteiger partial charge >= 0.3 is 6.09 Å². The first-order chi connectivity index (χ1) is 15.9. The maximum atomic E-state index is 13.4. The summed E-state index contributed by atoms with van der Waals surface area (Å²) in [6.07, 6.45) is 2.87. The van der Waals surface area contributed by atoms with E-state index in [1.54, 1.807) is 45.0 Å². The van der Waals surface area contributed by atoms with Crippen LogP contribution in [0.25, 0.3) is 0 Å². The number of hydrogen-bond donors (Lipinski definition) is 5. The number of carboxylic acid groups (broad SMARTS) is 1. The van der Waals surface area contributed by atoms with Gasteiger partial charge < -0.3 is 31.1 Å². The molecule has 1 heterocycles. The molecule has 5 N–H and O–H groups in total. The second-order valence-electron chi connectivity index (χ2n) is 9.11. The second kappa shape index (κ2) is 11.0. The lowest BCUT2D eigenvalue weighted by atomic mass is 9.80. The third-order valence-corrected chi connectivity index (χ3v) is 5.99. The molecule has 1 aliphatic rings. The second-order valence-corrected chi connectivity index (χ2v) is 9.11. The van der Waals surface area contributed by atoms with Gasteiger partial charge in [0.1, 0.15) is 12.1 Å². The van der Waals surface area contributed by atoms with Crippen LogP contribution in [0.4, 0.5) is 4.79 Å². The minimum atomic E-state index is -1.44. The smallest absolute Gasteiger partial charge is 0.405 e. The fourth-order valence-electron chi connectivity index (χ4n) is 4.05. The van der Waals surface area contributed by atoms with E-state index < -0.39 is 47.6 Å². The molecule has 1 unspecified atom stereocenters. The summed E-state index contributed by atoms with van der Waals surface area (Å²) < 4.78 is 0. The molecule has 2 rings (SSSR count). The van der Waals surface area contributed by atoms with Gasteiger partial charge in [0, 0.05) is 37.4 Å². The van der Waals surface area contributed by atoms with Gasteiger partial charge in [-0.2, -0.15) is 0 Å². The molecule has 0 aliphatic carbocycles. The molecule has 1 saturated heterocycles. The van der Waals surface area contributed by atoms with Gasteiger partial charge in [0.2, 0.25) is 17.7 Å². The van der Waals surface area contributed by atoms with Crippen molar-refractivity contribution in [1.29, 1.82) is 0 Å². The summed E-state index contributed by atoms with van der Waals surface area (Å²) in [5.74, 6) is 0.999. The molecule has 34 heavy (non-hydrogen) atoms. The summed E-state index contributed by atoms with van der Waals surface area (Å²) in [5, 5.41) is 27.0. The van der Waals surface area contributed by atoms with E-state index in [2.05, 4.69) is 21.9 Å². The quantitative estimate of drug-likeness (QED) is 0.350. The summed E-state index contributed by atoms with van der Waals surface area (Å²) in [5.41, 5.74) is 0.408. The van der Waals surface area contributed by atoms with E-state index in [1.165, 1.54) is 11.9 Å². The highest BCUT2D eigenvalue weighted by atomic mass is 16.4. The molecule has 10 nitrogen and oxygen atoms in total. The summed E-state index contributed by atoms with van der Waals surface area (Å²) in [6, 6.07) is 4.39. The zero-order chi connectivity index (χ0) is 25.6. The monoisotopic (exact) mass is 472 g/mol. The molecule has 1 aromatic carbocycles. The van der Waals surface area contributed by atoms with Crippen LogP contribution in [-0.2, 0) is 14.4 Å². The summed E-state index contributed by atoms with van der Waals surface area (Å²) >= 11 is 0. The molecule has 184 valence electrons. The maximum absolute atomic E-state index is 13.4. The Morgan fingerprint density at radius 3 is 2.35 bits per heavy atom. The number of aliphatic hydroxyl groups excluding tert-OH is 1. The van der Waals surface area contributed by atoms with E-state index in [1.807, 2.05) is 0 Å². The molecule has 0 saturated carbocycles. The van der Waals surface area contributed by atoms with Gasteiger partial charge in [-0.3, -0.25) is 14.4 Å². The Morgan fingerprint density at radius 2 is 1.82 bits per heavy atom. The first kappa shape index (κ1) is 26.7. The number of amides is 4. The van der Waals surface area contributed by atoms with E-state index in [4.69, 9.17) is 6.42 Å². The fraction of sp³-hybridized carbons (Fsp3) is 0.500. The molecule has 1 fully saturated rings. The number of rotatable bonds is 8. The highest BCUT2D eigenvalue weighted by Gasteiger charge is 2.46. The lowest BCUT2D eigenvalue weighted by Gasteiger charge is -2.36. The van der Waals surface area contributed by atoms with Crippen molar-refractivity contribution in [3.63, 3.8) is 0 Å². The molecule has 10 heteroatoms. The Morgan fingerprint density at radius 1 is 1.21 bits per heavy atom. The van der Waals surface area contributed by atoms with Crippen molar-refractivity contribution in [2.24, 2.45) is 5.41 Å². The number of likely N-dealkylation sites (tertiary alicyclic amines) is 1. The van der Waals surface area contributed by atoms with Crippen molar-refractivity contribution in [2.45, 2.75) is 57.8 Å². The van der Waals surface area contributed by atoms with E-state index >= 15 is 0 Å². The molecule has 4 amide bonds. The number of carbonyl (C=O) groups excluding carboxylic acids is 3. The molecule has 0 aromatic heterocycles. The first-order valence-electron chi connectivity index (χ1n) is 10.9. The van der Waals surface area contributed by atoms with Crippen LogP contribution in [0, 0.1) is 17.8 Å². The number of nitrogens with one attached hydrogen (secondary N) is 3. The van der Waals surface area contributed by atoms with Gasteiger partial charge in [-0.25, -0.2) is 4.79 Å². The van der Waals surface area contributed by atoms with Gasteiger partial charge in [0.15, 0.2) is 0 Å². The minimum absolute atomic E-state index is 0.00991. The number of benzene rings is 1. The van der Waals surface area contributed by atoms with Crippen LogP contribution in [0.2, 0.25) is 0 Å². The average Bonchev–Trinajstić information content (AvgIpc) is 3.18. The molecule has 4 atom stereocenters. The normalized spacial score (nSPS) is 19.5. The van der Waals surface area contributed by atoms with Crippen LogP contribution in [0.15, 0.2) is 24.3 Å².